The van der Waals surface area contributed by atoms with Crippen LogP contribution in [-0.2, 0) is 0 Å². The number of pyridine rings is 1. The molecule has 2 saturated heterocycles. The monoisotopic (exact) mass is 395 g/mol. The molecule has 132 valence electrons. The van der Waals surface area contributed by atoms with Crippen molar-refractivity contribution in [3.05, 3.63) is 42.2 Å². The Morgan fingerprint density at radius 2 is 2.00 bits per heavy atom. The Morgan fingerprint density at radius 1 is 1.16 bits per heavy atom. The highest BCUT2D eigenvalue weighted by Crippen LogP contribution is 2.33. The second kappa shape index (κ2) is 7.08. The van der Waals surface area contributed by atoms with E-state index in [1.54, 1.807) is 11.3 Å². The van der Waals surface area contributed by atoms with Crippen LogP contribution in [0.4, 0.5) is 0 Å². The van der Waals surface area contributed by atoms with E-state index in [1.165, 1.54) is 22.9 Å². The second-order valence-electron chi connectivity index (χ2n) is 6.53. The predicted molar refractivity (Wildman–Crippen MR) is 107 cm³/mol. The van der Waals surface area contributed by atoms with Gasteiger partial charge in [-0.25, -0.2) is 0 Å². The first-order chi connectivity index (χ1) is 11.3. The van der Waals surface area contributed by atoms with Crippen LogP contribution >= 0.6 is 36.2 Å². The van der Waals surface area contributed by atoms with Crippen LogP contribution < -0.4 is 10.6 Å². The number of carbonyl (C=O) groups is 1. The second-order valence-corrected chi connectivity index (χ2v) is 7.61. The number of rotatable bonds is 2. The highest BCUT2D eigenvalue weighted by Gasteiger charge is 2.39. The fraction of sp³-hybridized carbons (Fsp3) is 0.333. The fourth-order valence-electron chi connectivity index (χ4n) is 3.97. The molecule has 3 atom stereocenters. The number of fused-ring (bicyclic) bond motifs is 5. The lowest BCUT2D eigenvalue weighted by atomic mass is 9.95. The Balaban J connectivity index is 0.000000911. The summed E-state index contributed by atoms with van der Waals surface area (Å²) in [6, 6.07) is 11.5. The Bertz CT molecular complexity index is 929. The minimum atomic E-state index is -0.0521. The minimum Gasteiger partial charge on any atom is -0.346 e. The van der Waals surface area contributed by atoms with Crippen molar-refractivity contribution < 1.29 is 4.79 Å². The lowest BCUT2D eigenvalue weighted by Gasteiger charge is -2.21. The molecule has 2 aliphatic rings. The molecule has 4 nitrogen and oxygen atoms in total. The molecule has 3 aromatic rings. The van der Waals surface area contributed by atoms with Crippen LogP contribution in [0.2, 0.25) is 0 Å². The van der Waals surface area contributed by atoms with Crippen molar-refractivity contribution in [3.8, 4) is 0 Å². The van der Waals surface area contributed by atoms with Gasteiger partial charge in [0, 0.05) is 44.5 Å². The van der Waals surface area contributed by atoms with E-state index in [0.717, 1.165) is 16.5 Å². The van der Waals surface area contributed by atoms with E-state index in [-0.39, 0.29) is 36.8 Å². The van der Waals surface area contributed by atoms with Crippen LogP contribution in [-0.4, -0.2) is 29.0 Å². The van der Waals surface area contributed by atoms with Crippen molar-refractivity contribution >= 4 is 62.2 Å². The summed E-state index contributed by atoms with van der Waals surface area (Å²) in [4.78, 5) is 16.9. The quantitative estimate of drug-likeness (QED) is 0.691. The maximum atomic E-state index is 12.5. The zero-order valence-corrected chi connectivity index (χ0v) is 15.8. The van der Waals surface area contributed by atoms with Gasteiger partial charge in [0.1, 0.15) is 5.69 Å². The van der Waals surface area contributed by atoms with Gasteiger partial charge in [-0.3, -0.25) is 9.78 Å². The van der Waals surface area contributed by atoms with E-state index in [4.69, 9.17) is 0 Å². The van der Waals surface area contributed by atoms with Gasteiger partial charge in [-0.05, 0) is 31.4 Å². The van der Waals surface area contributed by atoms with Crippen molar-refractivity contribution in [2.75, 3.05) is 0 Å². The third kappa shape index (κ3) is 3.10. The molecule has 0 spiro atoms. The average Bonchev–Trinajstić information content (AvgIpc) is 3.27. The molecular formula is C18H19Cl2N3OS. The summed E-state index contributed by atoms with van der Waals surface area (Å²) in [5.41, 5.74) is 0.520. The van der Waals surface area contributed by atoms with Crippen LogP contribution in [0.3, 0.4) is 0 Å². The van der Waals surface area contributed by atoms with Gasteiger partial charge in [0.2, 0.25) is 0 Å². The Labute approximate surface area is 162 Å². The Morgan fingerprint density at radius 3 is 2.76 bits per heavy atom. The van der Waals surface area contributed by atoms with Gasteiger partial charge >= 0.3 is 0 Å². The summed E-state index contributed by atoms with van der Waals surface area (Å²) < 4.78 is 2.36. The number of carbonyl (C=O) groups excluding carboxylic acids is 1. The number of benzene rings is 1. The summed E-state index contributed by atoms with van der Waals surface area (Å²) in [7, 11) is 0. The van der Waals surface area contributed by atoms with Crippen molar-refractivity contribution in [1.29, 1.82) is 0 Å². The van der Waals surface area contributed by atoms with Gasteiger partial charge in [-0.15, -0.1) is 36.2 Å². The SMILES string of the molecule is Cl.Cl.O=C(N[C@@H]1CC2CCC1N2)c1cc2sc3ccccc3c2cn1. The normalized spacial score (nSPS) is 24.1. The van der Waals surface area contributed by atoms with E-state index in [2.05, 4.69) is 27.8 Å². The van der Waals surface area contributed by atoms with E-state index in [0.29, 0.717) is 17.8 Å². The van der Waals surface area contributed by atoms with Crippen molar-refractivity contribution in [3.63, 3.8) is 0 Å². The third-order valence-electron chi connectivity index (χ3n) is 5.11. The molecule has 1 amide bonds. The first-order valence-electron chi connectivity index (χ1n) is 8.12. The number of nitrogens with one attached hydrogen (secondary N) is 2. The van der Waals surface area contributed by atoms with Crippen LogP contribution in [0.5, 0.6) is 0 Å². The molecule has 1 aromatic carbocycles. The third-order valence-corrected chi connectivity index (χ3v) is 6.25. The Kier molecular flexibility index (Phi) is 5.21. The van der Waals surface area contributed by atoms with E-state index < -0.39 is 0 Å². The van der Waals surface area contributed by atoms with Crippen LogP contribution in [0.15, 0.2) is 36.5 Å². The molecule has 5 rings (SSSR count). The van der Waals surface area contributed by atoms with Gasteiger partial charge in [0.05, 0.1) is 0 Å². The van der Waals surface area contributed by atoms with Gasteiger partial charge in [-0.1, -0.05) is 18.2 Å². The molecule has 25 heavy (non-hydrogen) atoms. The lowest BCUT2D eigenvalue weighted by Crippen LogP contribution is -2.43. The smallest absolute Gasteiger partial charge is 0.270 e. The van der Waals surface area contributed by atoms with Crippen molar-refractivity contribution in [2.24, 2.45) is 0 Å². The molecule has 0 aliphatic carbocycles. The summed E-state index contributed by atoms with van der Waals surface area (Å²) in [6.45, 7) is 0. The van der Waals surface area contributed by atoms with Gasteiger partial charge in [0.25, 0.3) is 5.91 Å². The summed E-state index contributed by atoms with van der Waals surface area (Å²) in [5.74, 6) is -0.0521. The first-order valence-corrected chi connectivity index (χ1v) is 8.94. The maximum Gasteiger partial charge on any atom is 0.270 e. The molecule has 2 bridgehead atoms. The first kappa shape index (κ1) is 18.4. The highest BCUT2D eigenvalue weighted by molar-refractivity contribution is 7.25. The lowest BCUT2D eigenvalue weighted by molar-refractivity contribution is 0.0926. The van der Waals surface area contributed by atoms with Crippen LogP contribution in [0, 0.1) is 0 Å². The zero-order valence-electron chi connectivity index (χ0n) is 13.4. The topological polar surface area (TPSA) is 54.0 Å². The number of hydrogen-bond acceptors (Lipinski definition) is 4. The van der Waals surface area contributed by atoms with Gasteiger partial charge in [-0.2, -0.15) is 0 Å². The molecule has 2 fully saturated rings. The molecule has 4 heterocycles. The Hall–Kier alpha value is -1.40. The van der Waals surface area contributed by atoms with Crippen LogP contribution in [0.1, 0.15) is 29.8 Å². The maximum absolute atomic E-state index is 12.5. The minimum absolute atomic E-state index is 0. The zero-order chi connectivity index (χ0) is 15.4. The van der Waals surface area contributed by atoms with Crippen molar-refractivity contribution in [2.45, 2.75) is 37.4 Å². The molecule has 2 aromatic heterocycles. The highest BCUT2D eigenvalue weighted by atomic mass is 35.5. The molecule has 2 N–H and O–H groups in total. The molecule has 7 heteroatoms. The molecule has 2 unspecified atom stereocenters. The average molecular weight is 396 g/mol. The summed E-state index contributed by atoms with van der Waals surface area (Å²) >= 11 is 1.72. The number of hydrogen-bond donors (Lipinski definition) is 2. The number of halogens is 2. The van der Waals surface area contributed by atoms with Crippen molar-refractivity contribution in [1.82, 2.24) is 15.6 Å². The summed E-state index contributed by atoms with van der Waals surface area (Å²) in [6.07, 6.45) is 5.28. The number of aromatic nitrogens is 1. The largest absolute Gasteiger partial charge is 0.346 e. The van der Waals surface area contributed by atoms with E-state index in [9.17, 15) is 4.79 Å². The number of amides is 1. The number of thiophene rings is 1. The standard InChI is InChI=1S/C18H17N3OS.2ClH/c22-18(21-14-7-10-5-6-13(14)20-10)15-8-17-12(9-19-15)11-3-1-2-4-16(11)23-17;;/h1-4,8-10,13-14,20H,5-7H2,(H,21,22);2*1H/t10?,13?,14-;;/m1../s1. The predicted octanol–water partition coefficient (Wildman–Crippen LogP) is 3.92. The van der Waals surface area contributed by atoms with E-state index >= 15 is 0 Å². The van der Waals surface area contributed by atoms with E-state index in [1.807, 2.05) is 24.4 Å². The van der Waals surface area contributed by atoms with Gasteiger partial charge < -0.3 is 10.6 Å². The van der Waals surface area contributed by atoms with Crippen LogP contribution in [0.25, 0.3) is 20.2 Å². The molecule has 2 aliphatic heterocycles. The number of nitrogens with zero attached hydrogens (tertiary/aromatic N) is 1. The van der Waals surface area contributed by atoms with Gasteiger partial charge in [0.15, 0.2) is 0 Å². The molecule has 0 radical (unpaired) electrons. The molecular weight excluding hydrogens is 377 g/mol. The molecule has 0 saturated carbocycles. The summed E-state index contributed by atoms with van der Waals surface area (Å²) in [5, 5.41) is 9.06. The fourth-order valence-corrected chi connectivity index (χ4v) is 5.09.